The Balaban J connectivity index is 1.57. The fourth-order valence-electron chi connectivity index (χ4n) is 3.70. The van der Waals surface area contributed by atoms with Crippen LogP contribution < -0.4 is 11.1 Å². The third kappa shape index (κ3) is 5.99. The van der Waals surface area contributed by atoms with Crippen LogP contribution in [0.1, 0.15) is 42.0 Å². The summed E-state index contributed by atoms with van der Waals surface area (Å²) in [6.45, 7) is 8.64. The molecule has 1 fully saturated rings. The number of nitrogen functional groups attached to an aromatic ring is 1. The number of nitrogens with zero attached hydrogens (tertiary/aromatic N) is 4. The van der Waals surface area contributed by atoms with Gasteiger partial charge in [-0.1, -0.05) is 5.16 Å². The molecule has 3 N–H and O–H groups in total. The SMILES string of the molecule is CO/N=C(\C(=O)NC1C(=O)N2C(C(=S)OCOC(=O)C(C)(C)C)=C(c3nc(C)c(C)s3)CS[C@H]12)c1csc(N)n1. The minimum Gasteiger partial charge on any atom is -0.445 e. The fourth-order valence-corrected chi connectivity index (χ4v) is 6.91. The van der Waals surface area contributed by atoms with Gasteiger partial charge in [0.05, 0.1) is 11.1 Å². The number of oxime groups is 1. The molecule has 1 saturated heterocycles. The smallest absolute Gasteiger partial charge is 0.314 e. The first-order valence-corrected chi connectivity index (χ1v) is 15.1. The minimum absolute atomic E-state index is 0.00905. The van der Waals surface area contributed by atoms with E-state index in [0.717, 1.165) is 27.5 Å². The normalized spacial score (nSPS) is 19.1. The van der Waals surface area contributed by atoms with Gasteiger partial charge in [-0.2, -0.15) is 0 Å². The second kappa shape index (κ2) is 11.8. The lowest BCUT2D eigenvalue weighted by molar-refractivity contribution is -0.160. The molecule has 4 heterocycles. The number of nitrogens with two attached hydrogens (primary N) is 1. The summed E-state index contributed by atoms with van der Waals surface area (Å²) in [5, 5.41) is 8.58. The lowest BCUT2D eigenvalue weighted by Gasteiger charge is -2.50. The van der Waals surface area contributed by atoms with Crippen molar-refractivity contribution in [2.75, 3.05) is 25.4 Å². The number of carbonyl (C=O) groups excluding carboxylic acids is 3. The zero-order valence-electron chi connectivity index (χ0n) is 22.6. The van der Waals surface area contributed by atoms with Crippen LogP contribution in [-0.2, 0) is 28.7 Å². The van der Waals surface area contributed by atoms with Crippen molar-refractivity contribution in [1.29, 1.82) is 0 Å². The number of carbonyl (C=O) groups is 3. The number of fused-ring (bicyclic) bond motifs is 1. The number of ether oxygens (including phenoxy) is 2. The predicted octanol–water partition coefficient (Wildman–Crippen LogP) is 2.85. The number of thiazole rings is 2. The molecule has 40 heavy (non-hydrogen) atoms. The Kier molecular flexibility index (Phi) is 8.82. The van der Waals surface area contributed by atoms with E-state index in [9.17, 15) is 14.4 Å². The molecule has 12 nitrogen and oxygen atoms in total. The van der Waals surface area contributed by atoms with Gasteiger partial charge in [-0.05, 0) is 46.8 Å². The second-order valence-electron chi connectivity index (χ2n) is 9.77. The van der Waals surface area contributed by atoms with Crippen molar-refractivity contribution in [3.8, 4) is 0 Å². The Morgan fingerprint density at radius 3 is 2.58 bits per heavy atom. The molecule has 2 aliphatic heterocycles. The van der Waals surface area contributed by atoms with Gasteiger partial charge in [0.15, 0.2) is 10.8 Å². The Hall–Kier alpha value is -3.08. The van der Waals surface area contributed by atoms with E-state index in [2.05, 4.69) is 20.4 Å². The van der Waals surface area contributed by atoms with E-state index in [1.54, 1.807) is 26.2 Å². The first-order chi connectivity index (χ1) is 18.8. The summed E-state index contributed by atoms with van der Waals surface area (Å²) >= 11 is 9.67. The Bertz CT molecular complexity index is 1410. The van der Waals surface area contributed by atoms with Crippen LogP contribution in [0.4, 0.5) is 5.13 Å². The summed E-state index contributed by atoms with van der Waals surface area (Å²) in [6, 6.07) is -0.867. The molecular formula is C24H28N6O6S4. The van der Waals surface area contributed by atoms with Crippen molar-refractivity contribution in [2.45, 2.75) is 46.0 Å². The number of β-lactam (4-membered cyclic amide) rings is 1. The third-order valence-corrected chi connectivity index (χ3v) is 9.29. The molecule has 16 heteroatoms. The van der Waals surface area contributed by atoms with Crippen LogP contribution in [0.2, 0.25) is 0 Å². The lowest BCUT2D eigenvalue weighted by atomic mass is 9.98. The van der Waals surface area contributed by atoms with Crippen molar-refractivity contribution in [3.63, 3.8) is 0 Å². The third-order valence-electron chi connectivity index (χ3n) is 5.89. The largest absolute Gasteiger partial charge is 0.445 e. The monoisotopic (exact) mass is 624 g/mol. The van der Waals surface area contributed by atoms with Crippen LogP contribution in [0.25, 0.3) is 5.57 Å². The maximum absolute atomic E-state index is 13.5. The van der Waals surface area contributed by atoms with Crippen LogP contribution in [-0.4, -0.2) is 74.5 Å². The van der Waals surface area contributed by atoms with Gasteiger partial charge < -0.3 is 25.4 Å². The average Bonchev–Trinajstić information content (AvgIpc) is 3.47. The number of rotatable bonds is 8. The van der Waals surface area contributed by atoms with Crippen molar-refractivity contribution in [2.24, 2.45) is 10.6 Å². The molecule has 2 aromatic rings. The number of anilines is 1. The molecule has 214 valence electrons. The summed E-state index contributed by atoms with van der Waals surface area (Å²) in [4.78, 5) is 54.8. The van der Waals surface area contributed by atoms with Crippen LogP contribution in [0.15, 0.2) is 16.2 Å². The van der Waals surface area contributed by atoms with Gasteiger partial charge in [0.25, 0.3) is 11.8 Å². The maximum atomic E-state index is 13.5. The molecule has 1 unspecified atom stereocenters. The minimum atomic E-state index is -0.867. The maximum Gasteiger partial charge on any atom is 0.314 e. The molecule has 0 radical (unpaired) electrons. The number of amides is 2. The van der Waals surface area contributed by atoms with Crippen molar-refractivity contribution < 1.29 is 28.7 Å². The van der Waals surface area contributed by atoms with E-state index >= 15 is 0 Å². The molecule has 2 aromatic heterocycles. The zero-order valence-corrected chi connectivity index (χ0v) is 25.9. The fraction of sp³-hybridized carbons (Fsp3) is 0.458. The number of aryl methyl sites for hydroxylation is 2. The van der Waals surface area contributed by atoms with Crippen molar-refractivity contribution in [1.82, 2.24) is 20.2 Å². The van der Waals surface area contributed by atoms with E-state index in [1.807, 2.05) is 13.8 Å². The number of aromatic nitrogens is 2. The first kappa shape index (κ1) is 29.9. The van der Waals surface area contributed by atoms with Crippen LogP contribution >= 0.6 is 46.7 Å². The van der Waals surface area contributed by atoms with Crippen LogP contribution in [0, 0.1) is 19.3 Å². The van der Waals surface area contributed by atoms with E-state index < -0.39 is 41.4 Å². The predicted molar refractivity (Wildman–Crippen MR) is 158 cm³/mol. The number of hydrogen-bond donors (Lipinski definition) is 2. The molecule has 2 amide bonds. The van der Waals surface area contributed by atoms with Crippen LogP contribution in [0.5, 0.6) is 0 Å². The summed E-state index contributed by atoms with van der Waals surface area (Å²) < 4.78 is 10.9. The topological polar surface area (TPSA) is 158 Å². The Morgan fingerprint density at radius 1 is 1.27 bits per heavy atom. The van der Waals surface area contributed by atoms with Gasteiger partial charge in [0, 0.05) is 21.6 Å². The molecule has 4 rings (SSSR count). The number of esters is 1. The number of nitrogens with one attached hydrogen (secondary N) is 1. The van der Waals surface area contributed by atoms with E-state index in [4.69, 9.17) is 32.3 Å². The molecule has 2 aliphatic rings. The van der Waals surface area contributed by atoms with E-state index in [-0.39, 0.29) is 21.6 Å². The van der Waals surface area contributed by atoms with Gasteiger partial charge in [-0.3, -0.25) is 19.3 Å². The van der Waals surface area contributed by atoms with Gasteiger partial charge in [-0.25, -0.2) is 9.97 Å². The summed E-state index contributed by atoms with van der Waals surface area (Å²) in [7, 11) is 1.30. The number of thioether (sulfide) groups is 1. The lowest BCUT2D eigenvalue weighted by Crippen LogP contribution is -2.71. The highest BCUT2D eigenvalue weighted by Gasteiger charge is 2.54. The van der Waals surface area contributed by atoms with Crippen LogP contribution in [0.3, 0.4) is 0 Å². The molecular weight excluding hydrogens is 597 g/mol. The molecule has 0 aliphatic carbocycles. The van der Waals surface area contributed by atoms with Gasteiger partial charge in [0.1, 0.15) is 34.9 Å². The second-order valence-corrected chi connectivity index (χ2v) is 13.3. The molecule has 0 bridgehead atoms. The summed E-state index contributed by atoms with van der Waals surface area (Å²) in [5.41, 5.74) is 7.09. The first-order valence-electron chi connectivity index (χ1n) is 11.9. The quantitative estimate of drug-likeness (QED) is 0.111. The van der Waals surface area contributed by atoms with Gasteiger partial charge in [-0.15, -0.1) is 34.4 Å². The summed E-state index contributed by atoms with van der Waals surface area (Å²) in [6.07, 6.45) is 0. The molecule has 0 saturated carbocycles. The highest BCUT2D eigenvalue weighted by molar-refractivity contribution is 8.00. The average molecular weight is 625 g/mol. The van der Waals surface area contributed by atoms with Gasteiger partial charge >= 0.3 is 5.97 Å². The molecule has 0 aromatic carbocycles. The Morgan fingerprint density at radius 2 is 2.00 bits per heavy atom. The van der Waals surface area contributed by atoms with E-state index in [1.165, 1.54) is 35.1 Å². The molecule has 2 atom stereocenters. The zero-order chi connectivity index (χ0) is 29.4. The standard InChI is InChI=1S/C24H28N6O6S4/c1-10-11(2)40-18(26-10)12-7-38-20-15(28-17(31)14(29-34-6)13-8-39-23(25)27-13)19(32)30(20)16(12)21(37)35-9-36-22(33)24(3,4)5/h8,15,20H,7,9H2,1-6H3,(H2,25,27)(H,28,31)/b29-14-/t15?,20-/m1/s1. The van der Waals surface area contributed by atoms with E-state index in [0.29, 0.717) is 16.5 Å². The number of hydrogen-bond acceptors (Lipinski definition) is 14. The number of thiocarbonyl (C=S) groups is 1. The highest BCUT2D eigenvalue weighted by Crippen LogP contribution is 2.44. The summed E-state index contributed by atoms with van der Waals surface area (Å²) in [5.74, 6) is -1.03. The van der Waals surface area contributed by atoms with Gasteiger partial charge in [0.2, 0.25) is 11.8 Å². The van der Waals surface area contributed by atoms with Crippen molar-refractivity contribution >= 4 is 85.9 Å². The highest BCUT2D eigenvalue weighted by atomic mass is 32.2. The molecule has 0 spiro atoms. The van der Waals surface area contributed by atoms with Crippen molar-refractivity contribution in [3.05, 3.63) is 32.3 Å². The Labute approximate surface area is 248 Å².